The second-order valence-electron chi connectivity index (χ2n) is 6.28. The maximum absolute atomic E-state index is 5.59. The summed E-state index contributed by atoms with van der Waals surface area (Å²) in [7, 11) is 3.34. The molecular weight excluding hydrogens is 330 g/mol. The molecule has 1 saturated heterocycles. The number of methoxy groups -OCH3 is 2. The topological polar surface area (TPSA) is 60.6 Å². The van der Waals surface area contributed by atoms with E-state index in [4.69, 9.17) is 14.0 Å². The van der Waals surface area contributed by atoms with Crippen LogP contribution in [0.3, 0.4) is 0 Å². The third-order valence-electron chi connectivity index (χ3n) is 4.78. The van der Waals surface area contributed by atoms with Gasteiger partial charge in [0, 0.05) is 30.1 Å². The number of aromatic nitrogens is 2. The highest BCUT2D eigenvalue weighted by molar-refractivity contribution is 5.55. The van der Waals surface area contributed by atoms with Crippen LogP contribution in [0, 0.1) is 0 Å². The number of hydrogen-bond donors (Lipinski definition) is 0. The smallest absolute Gasteiger partial charge is 0.266 e. The molecule has 6 heteroatoms. The molecule has 1 aromatic heterocycles. The molecule has 1 unspecified atom stereocenters. The largest absolute Gasteiger partial charge is 0.493 e. The molecule has 0 N–H and O–H groups in total. The van der Waals surface area contributed by atoms with Gasteiger partial charge in [-0.05, 0) is 29.8 Å². The van der Waals surface area contributed by atoms with Crippen molar-refractivity contribution in [1.29, 1.82) is 0 Å². The third-order valence-corrected chi connectivity index (χ3v) is 4.78. The van der Waals surface area contributed by atoms with Crippen molar-refractivity contribution in [3.8, 4) is 23.0 Å². The van der Waals surface area contributed by atoms with E-state index in [1.54, 1.807) is 14.2 Å². The Bertz CT molecular complexity index is 879. The van der Waals surface area contributed by atoms with Crippen molar-refractivity contribution in [2.45, 2.75) is 12.3 Å². The van der Waals surface area contributed by atoms with Gasteiger partial charge in [-0.3, -0.25) is 0 Å². The van der Waals surface area contributed by atoms with Gasteiger partial charge in [0.2, 0.25) is 0 Å². The molecule has 2 aromatic carbocycles. The van der Waals surface area contributed by atoms with Crippen molar-refractivity contribution in [3.05, 3.63) is 54.1 Å². The molecule has 0 bridgehead atoms. The number of para-hydroxylation sites is 1. The zero-order valence-corrected chi connectivity index (χ0v) is 14.9. The Morgan fingerprint density at radius 1 is 1.04 bits per heavy atom. The Labute approximate surface area is 152 Å². The predicted molar refractivity (Wildman–Crippen MR) is 98.9 cm³/mol. The maximum Gasteiger partial charge on any atom is 0.266 e. The van der Waals surface area contributed by atoms with Crippen LogP contribution >= 0.6 is 0 Å². The molecule has 3 aromatic rings. The Morgan fingerprint density at radius 2 is 1.88 bits per heavy atom. The van der Waals surface area contributed by atoms with E-state index >= 15 is 0 Å². The monoisotopic (exact) mass is 351 g/mol. The lowest BCUT2D eigenvalue weighted by atomic mass is 9.97. The van der Waals surface area contributed by atoms with Gasteiger partial charge in [-0.15, -0.1) is 0 Å². The van der Waals surface area contributed by atoms with E-state index in [0.29, 0.717) is 17.8 Å². The summed E-state index contributed by atoms with van der Waals surface area (Å²) in [6, 6.07) is 15.8. The van der Waals surface area contributed by atoms with E-state index < -0.39 is 0 Å². The van der Waals surface area contributed by atoms with Crippen molar-refractivity contribution in [3.63, 3.8) is 0 Å². The van der Waals surface area contributed by atoms with E-state index in [2.05, 4.69) is 21.1 Å². The molecule has 0 amide bonds. The minimum Gasteiger partial charge on any atom is -0.493 e. The molecule has 1 fully saturated rings. The van der Waals surface area contributed by atoms with Crippen LogP contribution < -0.4 is 14.4 Å². The molecule has 1 aliphatic rings. The summed E-state index contributed by atoms with van der Waals surface area (Å²) in [5.41, 5.74) is 2.08. The second kappa shape index (κ2) is 7.07. The minimum absolute atomic E-state index is 0.332. The highest BCUT2D eigenvalue weighted by Crippen LogP contribution is 2.39. The number of hydrogen-bond acceptors (Lipinski definition) is 6. The van der Waals surface area contributed by atoms with E-state index in [1.165, 1.54) is 0 Å². The van der Waals surface area contributed by atoms with Crippen molar-refractivity contribution in [2.75, 3.05) is 32.2 Å². The fourth-order valence-corrected chi connectivity index (χ4v) is 3.47. The molecule has 0 spiro atoms. The predicted octanol–water partition coefficient (Wildman–Crippen LogP) is 3.75. The van der Waals surface area contributed by atoms with Crippen LogP contribution in [0.25, 0.3) is 11.5 Å². The van der Waals surface area contributed by atoms with Crippen molar-refractivity contribution < 1.29 is 14.0 Å². The molecular formula is C20H21N3O3. The molecule has 0 aliphatic carbocycles. The molecule has 0 saturated carbocycles. The molecule has 134 valence electrons. The first kappa shape index (κ1) is 16.4. The normalized spacial score (nSPS) is 16.7. The fourth-order valence-electron chi connectivity index (χ4n) is 3.47. The summed E-state index contributed by atoms with van der Waals surface area (Å²) in [6.07, 6.45) is 0.999. The number of benzene rings is 2. The lowest BCUT2D eigenvalue weighted by Crippen LogP contribution is -2.20. The van der Waals surface area contributed by atoms with Crippen LogP contribution in [0.15, 0.2) is 53.1 Å². The minimum atomic E-state index is 0.332. The van der Waals surface area contributed by atoms with Crippen LogP contribution in [0.4, 0.5) is 5.95 Å². The molecule has 1 atom stereocenters. The summed E-state index contributed by atoms with van der Waals surface area (Å²) in [4.78, 5) is 6.71. The first-order chi connectivity index (χ1) is 12.8. The van der Waals surface area contributed by atoms with E-state index in [9.17, 15) is 0 Å². The van der Waals surface area contributed by atoms with Crippen molar-refractivity contribution >= 4 is 5.95 Å². The average Bonchev–Trinajstić information content (AvgIpc) is 3.37. The summed E-state index contributed by atoms with van der Waals surface area (Å²) in [6.45, 7) is 1.69. The summed E-state index contributed by atoms with van der Waals surface area (Å²) < 4.78 is 16.4. The van der Waals surface area contributed by atoms with E-state index in [0.717, 1.165) is 42.1 Å². The van der Waals surface area contributed by atoms with Gasteiger partial charge in [0.15, 0.2) is 11.5 Å². The molecule has 2 heterocycles. The Morgan fingerprint density at radius 3 is 2.65 bits per heavy atom. The van der Waals surface area contributed by atoms with Gasteiger partial charge in [0.25, 0.3) is 11.8 Å². The number of ether oxygens (including phenoxy) is 2. The fraction of sp³-hybridized carbons (Fsp3) is 0.300. The van der Waals surface area contributed by atoms with Crippen LogP contribution in [-0.4, -0.2) is 37.4 Å². The number of rotatable bonds is 5. The van der Waals surface area contributed by atoms with Crippen molar-refractivity contribution in [1.82, 2.24) is 10.1 Å². The molecule has 26 heavy (non-hydrogen) atoms. The second-order valence-corrected chi connectivity index (χ2v) is 6.28. The zero-order valence-electron chi connectivity index (χ0n) is 14.9. The SMILES string of the molecule is COc1cccc(C2CCN(c3noc(-c4ccccc4)n3)C2)c1OC. The molecule has 0 radical (unpaired) electrons. The highest BCUT2D eigenvalue weighted by atomic mass is 16.5. The molecule has 6 nitrogen and oxygen atoms in total. The van der Waals surface area contributed by atoms with Gasteiger partial charge >= 0.3 is 0 Å². The van der Waals surface area contributed by atoms with Gasteiger partial charge in [-0.1, -0.05) is 30.3 Å². The molecule has 4 rings (SSSR count). The van der Waals surface area contributed by atoms with E-state index in [1.807, 2.05) is 42.5 Å². The summed E-state index contributed by atoms with van der Waals surface area (Å²) >= 11 is 0. The standard InChI is InChI=1S/C20H21N3O3/c1-24-17-10-6-9-16(18(17)25-2)15-11-12-23(13-15)20-21-19(26-22-20)14-7-4-3-5-8-14/h3-10,15H,11-13H2,1-2H3. The van der Waals surface area contributed by atoms with Gasteiger partial charge in [0.1, 0.15) is 0 Å². The lowest BCUT2D eigenvalue weighted by molar-refractivity contribution is 0.350. The summed E-state index contributed by atoms with van der Waals surface area (Å²) in [5, 5.41) is 4.16. The number of anilines is 1. The van der Waals surface area contributed by atoms with Crippen LogP contribution in [0.1, 0.15) is 17.9 Å². The van der Waals surface area contributed by atoms with Gasteiger partial charge in [0.05, 0.1) is 14.2 Å². The van der Waals surface area contributed by atoms with E-state index in [-0.39, 0.29) is 0 Å². The average molecular weight is 351 g/mol. The number of nitrogens with zero attached hydrogens (tertiary/aromatic N) is 3. The Kier molecular flexibility index (Phi) is 4.48. The Balaban J connectivity index is 1.54. The highest BCUT2D eigenvalue weighted by Gasteiger charge is 2.30. The zero-order chi connectivity index (χ0) is 17.9. The van der Waals surface area contributed by atoms with Crippen molar-refractivity contribution in [2.24, 2.45) is 0 Å². The molecule has 1 aliphatic heterocycles. The quantitative estimate of drug-likeness (QED) is 0.698. The Hall–Kier alpha value is -3.02. The third kappa shape index (κ3) is 2.98. The van der Waals surface area contributed by atoms with Gasteiger partial charge in [-0.25, -0.2) is 0 Å². The van der Waals surface area contributed by atoms with Crippen LogP contribution in [-0.2, 0) is 0 Å². The van der Waals surface area contributed by atoms with Gasteiger partial charge in [-0.2, -0.15) is 4.98 Å². The van der Waals surface area contributed by atoms with Crippen LogP contribution in [0.5, 0.6) is 11.5 Å². The summed E-state index contributed by atoms with van der Waals surface area (Å²) in [5.74, 6) is 3.07. The lowest BCUT2D eigenvalue weighted by Gasteiger charge is -2.17. The van der Waals surface area contributed by atoms with Crippen LogP contribution in [0.2, 0.25) is 0 Å². The first-order valence-corrected chi connectivity index (χ1v) is 8.65. The maximum atomic E-state index is 5.59. The van der Waals surface area contributed by atoms with Gasteiger partial charge < -0.3 is 18.9 Å². The first-order valence-electron chi connectivity index (χ1n) is 8.65.